The van der Waals surface area contributed by atoms with Crippen molar-refractivity contribution in [2.75, 3.05) is 13.7 Å². The number of β-amino-alcohol motifs (C(OH)–C–C–N with tert-alkyl or cyclic N) is 1. The fraction of sp³-hybridized carbons (Fsp3) is 0.467. The highest BCUT2D eigenvalue weighted by molar-refractivity contribution is 5.21. The number of hydrogen-bond acceptors (Lipinski definition) is 6. The molecule has 1 aromatic carbocycles. The number of halogens is 1. The van der Waals surface area contributed by atoms with Crippen molar-refractivity contribution >= 4 is 0 Å². The van der Waals surface area contributed by atoms with Gasteiger partial charge in [-0.15, -0.1) is 0 Å². The Kier molecular flexibility index (Phi) is 4.47. The second-order valence-electron chi connectivity index (χ2n) is 5.43. The first-order chi connectivity index (χ1) is 10.7. The number of aliphatic hydroxyl groups is 1. The summed E-state index contributed by atoms with van der Waals surface area (Å²) in [6.45, 7) is 1.20. The maximum Gasteiger partial charge on any atom is 0.252 e. The molecule has 6 nitrogen and oxygen atoms in total. The lowest BCUT2D eigenvalue weighted by Gasteiger charge is -2.22. The third-order valence-electron chi connectivity index (χ3n) is 3.74. The van der Waals surface area contributed by atoms with E-state index in [1.807, 2.05) is 11.0 Å². The summed E-state index contributed by atoms with van der Waals surface area (Å²) in [6.07, 6.45) is 0.116. The van der Waals surface area contributed by atoms with E-state index in [-0.39, 0.29) is 18.5 Å². The zero-order valence-corrected chi connectivity index (χ0v) is 12.3. The molecule has 1 saturated heterocycles. The van der Waals surface area contributed by atoms with E-state index in [1.165, 1.54) is 12.1 Å². The van der Waals surface area contributed by atoms with Gasteiger partial charge in [0.2, 0.25) is 0 Å². The molecule has 0 aliphatic carbocycles. The van der Waals surface area contributed by atoms with Crippen molar-refractivity contribution in [2.45, 2.75) is 31.7 Å². The van der Waals surface area contributed by atoms with Gasteiger partial charge >= 0.3 is 0 Å². The summed E-state index contributed by atoms with van der Waals surface area (Å²) in [4.78, 5) is 6.26. The molecule has 7 heteroatoms. The number of hydrogen-bond donors (Lipinski definition) is 1. The summed E-state index contributed by atoms with van der Waals surface area (Å²) < 4.78 is 23.4. The monoisotopic (exact) mass is 307 g/mol. The molecule has 1 aromatic heterocycles. The number of benzene rings is 1. The molecule has 2 aromatic rings. The lowest BCUT2D eigenvalue weighted by atomic mass is 10.0. The van der Waals surface area contributed by atoms with Crippen LogP contribution in [0.5, 0.6) is 0 Å². The summed E-state index contributed by atoms with van der Waals surface area (Å²) >= 11 is 0. The first kappa shape index (κ1) is 15.1. The van der Waals surface area contributed by atoms with Crippen molar-refractivity contribution in [3.8, 4) is 0 Å². The molecule has 0 amide bonds. The number of ether oxygens (including phenoxy) is 1. The zero-order valence-electron chi connectivity index (χ0n) is 12.3. The van der Waals surface area contributed by atoms with Crippen molar-refractivity contribution in [3.63, 3.8) is 0 Å². The average molecular weight is 307 g/mol. The molecule has 3 rings (SSSR count). The second-order valence-corrected chi connectivity index (χ2v) is 5.43. The highest BCUT2D eigenvalue weighted by Crippen LogP contribution is 2.33. The smallest absolute Gasteiger partial charge is 0.252 e. The lowest BCUT2D eigenvalue weighted by Crippen LogP contribution is -2.25. The average Bonchev–Trinajstić information content (AvgIpc) is 3.06. The molecule has 22 heavy (non-hydrogen) atoms. The molecule has 0 bridgehead atoms. The minimum absolute atomic E-state index is 0.0601. The standard InChI is InChI=1S/C15H18FN3O3/c1-21-9-15-17-14(18-22-15)8-19-7-12(20)6-13(19)10-3-2-4-11(16)5-10/h2-5,12-13,20H,6-9H2,1H3/t12-,13+/m0/s1. The third kappa shape index (κ3) is 3.32. The number of rotatable bonds is 5. The SMILES string of the molecule is COCc1nc(CN2C[C@@H](O)C[C@@H]2c2cccc(F)c2)no1. The van der Waals surface area contributed by atoms with Gasteiger partial charge in [-0.05, 0) is 24.1 Å². The summed E-state index contributed by atoms with van der Waals surface area (Å²) in [6, 6.07) is 6.40. The van der Waals surface area contributed by atoms with Crippen molar-refractivity contribution in [3.05, 3.63) is 47.4 Å². The highest BCUT2D eigenvalue weighted by Gasteiger charge is 2.33. The Morgan fingerprint density at radius 1 is 1.50 bits per heavy atom. The van der Waals surface area contributed by atoms with Gasteiger partial charge in [0.1, 0.15) is 12.4 Å². The molecule has 0 spiro atoms. The molecule has 2 heterocycles. The Labute approximate surface area is 127 Å². The zero-order chi connectivity index (χ0) is 15.5. The van der Waals surface area contributed by atoms with Gasteiger partial charge in [0.05, 0.1) is 12.6 Å². The summed E-state index contributed by atoms with van der Waals surface area (Å²) in [7, 11) is 1.56. The number of likely N-dealkylation sites (tertiary alicyclic amines) is 1. The second kappa shape index (κ2) is 6.51. The van der Waals surface area contributed by atoms with Crippen LogP contribution in [0.4, 0.5) is 4.39 Å². The molecular weight excluding hydrogens is 289 g/mol. The van der Waals surface area contributed by atoms with Gasteiger partial charge in [0.15, 0.2) is 5.82 Å². The quantitative estimate of drug-likeness (QED) is 0.906. The number of methoxy groups -OCH3 is 1. The van der Waals surface area contributed by atoms with Crippen molar-refractivity contribution < 1.29 is 18.8 Å². The molecular formula is C15H18FN3O3. The largest absolute Gasteiger partial charge is 0.392 e. The molecule has 2 atom stereocenters. The van der Waals surface area contributed by atoms with E-state index in [0.717, 1.165) is 5.56 Å². The number of aromatic nitrogens is 2. The Bertz CT molecular complexity index is 634. The number of nitrogens with zero attached hydrogens (tertiary/aromatic N) is 3. The molecule has 0 saturated carbocycles. The van der Waals surface area contributed by atoms with Crippen LogP contribution in [-0.4, -0.2) is 39.9 Å². The van der Waals surface area contributed by atoms with Crippen LogP contribution in [0.15, 0.2) is 28.8 Å². The van der Waals surface area contributed by atoms with Crippen molar-refractivity contribution in [2.24, 2.45) is 0 Å². The van der Waals surface area contributed by atoms with E-state index in [0.29, 0.717) is 31.2 Å². The van der Waals surface area contributed by atoms with Gasteiger partial charge in [-0.1, -0.05) is 17.3 Å². The van der Waals surface area contributed by atoms with Gasteiger partial charge in [-0.2, -0.15) is 4.98 Å². The minimum Gasteiger partial charge on any atom is -0.392 e. The van der Waals surface area contributed by atoms with E-state index in [9.17, 15) is 9.50 Å². The van der Waals surface area contributed by atoms with Crippen LogP contribution in [0.25, 0.3) is 0 Å². The Morgan fingerprint density at radius 2 is 2.36 bits per heavy atom. The lowest BCUT2D eigenvalue weighted by molar-refractivity contribution is 0.151. The maximum absolute atomic E-state index is 13.4. The summed E-state index contributed by atoms with van der Waals surface area (Å²) in [5, 5.41) is 13.9. The van der Waals surface area contributed by atoms with Crippen molar-refractivity contribution in [1.29, 1.82) is 0 Å². The minimum atomic E-state index is -0.446. The van der Waals surface area contributed by atoms with Gasteiger partial charge < -0.3 is 14.4 Å². The third-order valence-corrected chi connectivity index (χ3v) is 3.74. The highest BCUT2D eigenvalue weighted by atomic mass is 19.1. The van der Waals surface area contributed by atoms with Crippen LogP contribution in [0.2, 0.25) is 0 Å². The van der Waals surface area contributed by atoms with Crippen LogP contribution in [0, 0.1) is 5.82 Å². The normalized spacial score (nSPS) is 22.3. The first-order valence-corrected chi connectivity index (χ1v) is 7.13. The Hall–Kier alpha value is -1.83. The Balaban J connectivity index is 1.75. The van der Waals surface area contributed by atoms with Crippen molar-refractivity contribution in [1.82, 2.24) is 15.0 Å². The summed E-state index contributed by atoms with van der Waals surface area (Å²) in [5.74, 6) is 0.669. The van der Waals surface area contributed by atoms with Gasteiger partial charge in [-0.25, -0.2) is 4.39 Å². The fourth-order valence-electron chi connectivity index (χ4n) is 2.83. The van der Waals surface area contributed by atoms with E-state index >= 15 is 0 Å². The molecule has 1 fully saturated rings. The van der Waals surface area contributed by atoms with E-state index in [1.54, 1.807) is 13.2 Å². The van der Waals surface area contributed by atoms with Crippen LogP contribution >= 0.6 is 0 Å². The van der Waals surface area contributed by atoms with Gasteiger partial charge in [0.25, 0.3) is 5.89 Å². The van der Waals surface area contributed by atoms with E-state index in [4.69, 9.17) is 9.26 Å². The van der Waals surface area contributed by atoms with Crippen LogP contribution < -0.4 is 0 Å². The molecule has 1 aliphatic rings. The number of aliphatic hydroxyl groups excluding tert-OH is 1. The predicted molar refractivity (Wildman–Crippen MR) is 75.2 cm³/mol. The molecule has 118 valence electrons. The first-order valence-electron chi connectivity index (χ1n) is 7.13. The summed E-state index contributed by atoms with van der Waals surface area (Å²) in [5.41, 5.74) is 0.845. The van der Waals surface area contributed by atoms with Crippen LogP contribution in [0.1, 0.15) is 29.7 Å². The van der Waals surface area contributed by atoms with Gasteiger partial charge in [0, 0.05) is 19.7 Å². The fourth-order valence-corrected chi connectivity index (χ4v) is 2.83. The Morgan fingerprint density at radius 3 is 3.14 bits per heavy atom. The van der Waals surface area contributed by atoms with E-state index < -0.39 is 6.10 Å². The van der Waals surface area contributed by atoms with Crippen LogP contribution in [-0.2, 0) is 17.9 Å². The molecule has 1 aliphatic heterocycles. The predicted octanol–water partition coefficient (Wildman–Crippen LogP) is 1.66. The van der Waals surface area contributed by atoms with E-state index in [2.05, 4.69) is 10.1 Å². The molecule has 0 unspecified atom stereocenters. The topological polar surface area (TPSA) is 71.6 Å². The van der Waals surface area contributed by atoms with Crippen LogP contribution in [0.3, 0.4) is 0 Å². The molecule has 1 N–H and O–H groups in total. The maximum atomic E-state index is 13.4. The molecule has 0 radical (unpaired) electrons. The van der Waals surface area contributed by atoms with Gasteiger partial charge in [-0.3, -0.25) is 4.90 Å².